The molecule has 2 aromatic carbocycles. The van der Waals surface area contributed by atoms with Gasteiger partial charge in [0.2, 0.25) is 0 Å². The third-order valence-corrected chi connectivity index (χ3v) is 4.49. The number of aryl methyl sites for hydroxylation is 1. The molecule has 1 fully saturated rings. The molecular formula is C20H26IN3. The minimum Gasteiger partial charge on any atom is -0.356 e. The van der Waals surface area contributed by atoms with Gasteiger partial charge in [0.25, 0.3) is 0 Å². The Bertz CT molecular complexity index is 652. The molecule has 1 aliphatic rings. The second kappa shape index (κ2) is 9.06. The molecule has 2 unspecified atom stereocenters. The Kier molecular flexibility index (Phi) is 7.09. The van der Waals surface area contributed by atoms with Crippen LogP contribution in [0.5, 0.6) is 0 Å². The van der Waals surface area contributed by atoms with Crippen LogP contribution >= 0.6 is 24.0 Å². The van der Waals surface area contributed by atoms with E-state index in [0.29, 0.717) is 5.92 Å². The van der Waals surface area contributed by atoms with E-state index in [9.17, 15) is 0 Å². The minimum atomic E-state index is 0. The van der Waals surface area contributed by atoms with Crippen LogP contribution in [-0.4, -0.2) is 19.6 Å². The molecule has 2 atom stereocenters. The van der Waals surface area contributed by atoms with Crippen molar-refractivity contribution in [2.45, 2.75) is 25.8 Å². The van der Waals surface area contributed by atoms with Crippen molar-refractivity contribution in [2.75, 3.05) is 13.6 Å². The van der Waals surface area contributed by atoms with Gasteiger partial charge in [-0.3, -0.25) is 4.99 Å². The Hall–Kier alpha value is -1.56. The van der Waals surface area contributed by atoms with E-state index in [0.717, 1.165) is 25.0 Å². The van der Waals surface area contributed by atoms with Gasteiger partial charge in [0.15, 0.2) is 5.96 Å². The van der Waals surface area contributed by atoms with Crippen molar-refractivity contribution >= 4 is 29.9 Å². The highest BCUT2D eigenvalue weighted by atomic mass is 127. The lowest BCUT2D eigenvalue weighted by Crippen LogP contribution is -2.38. The second-order valence-electron chi connectivity index (χ2n) is 6.31. The molecule has 128 valence electrons. The van der Waals surface area contributed by atoms with Crippen LogP contribution in [0, 0.1) is 12.8 Å². The molecule has 1 saturated carbocycles. The number of aliphatic imine (C=N–C) groups is 1. The first-order valence-corrected chi connectivity index (χ1v) is 8.31. The Morgan fingerprint density at radius 2 is 1.75 bits per heavy atom. The number of halogens is 1. The van der Waals surface area contributed by atoms with Gasteiger partial charge in [0.1, 0.15) is 0 Å². The average Bonchev–Trinajstić information content (AvgIpc) is 3.37. The Labute approximate surface area is 162 Å². The molecule has 1 aliphatic carbocycles. The van der Waals surface area contributed by atoms with Gasteiger partial charge in [-0.2, -0.15) is 0 Å². The molecule has 0 aliphatic heterocycles. The van der Waals surface area contributed by atoms with E-state index in [2.05, 4.69) is 77.1 Å². The van der Waals surface area contributed by atoms with Crippen molar-refractivity contribution in [3.05, 3.63) is 71.3 Å². The van der Waals surface area contributed by atoms with Gasteiger partial charge in [-0.15, -0.1) is 24.0 Å². The lowest BCUT2D eigenvalue weighted by molar-refractivity contribution is 0.719. The normalized spacial score (nSPS) is 19.3. The number of hydrogen-bond donors (Lipinski definition) is 2. The summed E-state index contributed by atoms with van der Waals surface area (Å²) in [6, 6.07) is 19.4. The highest BCUT2D eigenvalue weighted by molar-refractivity contribution is 14.0. The fourth-order valence-electron chi connectivity index (χ4n) is 2.92. The van der Waals surface area contributed by atoms with Gasteiger partial charge in [-0.05, 0) is 36.3 Å². The summed E-state index contributed by atoms with van der Waals surface area (Å²) in [6.45, 7) is 3.89. The lowest BCUT2D eigenvalue weighted by Gasteiger charge is -2.12. The molecule has 2 aromatic rings. The van der Waals surface area contributed by atoms with Crippen molar-refractivity contribution in [3.63, 3.8) is 0 Å². The summed E-state index contributed by atoms with van der Waals surface area (Å²) in [4.78, 5) is 4.31. The summed E-state index contributed by atoms with van der Waals surface area (Å²) in [5.41, 5.74) is 4.02. The Balaban J connectivity index is 0.00000208. The predicted molar refractivity (Wildman–Crippen MR) is 112 cm³/mol. The molecule has 0 amide bonds. The Morgan fingerprint density at radius 3 is 2.42 bits per heavy atom. The lowest BCUT2D eigenvalue weighted by atomic mass is 10.1. The summed E-state index contributed by atoms with van der Waals surface area (Å²) in [5.74, 6) is 2.30. The summed E-state index contributed by atoms with van der Waals surface area (Å²) >= 11 is 0. The van der Waals surface area contributed by atoms with Crippen LogP contribution in [0.3, 0.4) is 0 Å². The molecule has 0 saturated heterocycles. The zero-order valence-electron chi connectivity index (χ0n) is 14.3. The highest BCUT2D eigenvalue weighted by Crippen LogP contribution is 2.46. The summed E-state index contributed by atoms with van der Waals surface area (Å²) in [6.07, 6.45) is 1.27. The van der Waals surface area contributed by atoms with Crippen LogP contribution in [0.4, 0.5) is 0 Å². The van der Waals surface area contributed by atoms with Gasteiger partial charge in [0, 0.05) is 20.1 Å². The largest absolute Gasteiger partial charge is 0.356 e. The van der Waals surface area contributed by atoms with Gasteiger partial charge in [0.05, 0.1) is 0 Å². The van der Waals surface area contributed by atoms with Crippen molar-refractivity contribution in [3.8, 4) is 0 Å². The Morgan fingerprint density at radius 1 is 1.04 bits per heavy atom. The fourth-order valence-corrected chi connectivity index (χ4v) is 2.92. The molecule has 0 aromatic heterocycles. The predicted octanol–water partition coefficient (Wildman–Crippen LogP) is 4.08. The van der Waals surface area contributed by atoms with Crippen LogP contribution in [0.25, 0.3) is 0 Å². The van der Waals surface area contributed by atoms with Gasteiger partial charge in [-0.25, -0.2) is 0 Å². The van der Waals surface area contributed by atoms with Gasteiger partial charge in [-0.1, -0.05) is 60.2 Å². The number of nitrogens with zero attached hydrogens (tertiary/aromatic N) is 1. The minimum absolute atomic E-state index is 0. The first kappa shape index (κ1) is 18.8. The number of guanidine groups is 1. The maximum Gasteiger partial charge on any atom is 0.191 e. The standard InChI is InChI=1S/C20H25N3.HI/c1-15-8-10-16(11-9-15)13-22-20(21-2)23-14-18-12-19(18)17-6-4-3-5-7-17;/h3-11,18-19H,12-14H2,1-2H3,(H2,21,22,23);1H. The van der Waals surface area contributed by atoms with Gasteiger partial charge < -0.3 is 10.6 Å². The zero-order chi connectivity index (χ0) is 16.1. The molecule has 4 heteroatoms. The van der Waals surface area contributed by atoms with E-state index in [4.69, 9.17) is 0 Å². The molecule has 0 heterocycles. The fraction of sp³-hybridized carbons (Fsp3) is 0.350. The molecule has 0 spiro atoms. The van der Waals surface area contributed by atoms with E-state index in [-0.39, 0.29) is 24.0 Å². The number of nitrogens with one attached hydrogen (secondary N) is 2. The summed E-state index contributed by atoms with van der Waals surface area (Å²) in [7, 11) is 1.83. The maximum atomic E-state index is 4.31. The summed E-state index contributed by atoms with van der Waals surface area (Å²) < 4.78 is 0. The van der Waals surface area contributed by atoms with Crippen LogP contribution in [-0.2, 0) is 6.54 Å². The molecule has 3 nitrogen and oxygen atoms in total. The maximum absolute atomic E-state index is 4.31. The van der Waals surface area contributed by atoms with Gasteiger partial charge >= 0.3 is 0 Å². The van der Waals surface area contributed by atoms with Crippen molar-refractivity contribution < 1.29 is 0 Å². The van der Waals surface area contributed by atoms with E-state index in [1.54, 1.807) is 0 Å². The quantitative estimate of drug-likeness (QED) is 0.422. The first-order chi connectivity index (χ1) is 11.3. The third-order valence-electron chi connectivity index (χ3n) is 4.49. The average molecular weight is 435 g/mol. The molecule has 3 rings (SSSR count). The monoisotopic (exact) mass is 435 g/mol. The van der Waals surface area contributed by atoms with Crippen molar-refractivity contribution in [1.82, 2.24) is 10.6 Å². The molecular weight excluding hydrogens is 409 g/mol. The van der Waals surface area contributed by atoms with Crippen molar-refractivity contribution in [1.29, 1.82) is 0 Å². The van der Waals surface area contributed by atoms with E-state index in [1.165, 1.54) is 23.1 Å². The topological polar surface area (TPSA) is 36.4 Å². The number of hydrogen-bond acceptors (Lipinski definition) is 1. The van der Waals surface area contributed by atoms with Crippen molar-refractivity contribution in [2.24, 2.45) is 10.9 Å². The highest BCUT2D eigenvalue weighted by Gasteiger charge is 2.37. The second-order valence-corrected chi connectivity index (χ2v) is 6.31. The molecule has 2 N–H and O–H groups in total. The molecule has 0 radical (unpaired) electrons. The number of rotatable bonds is 5. The van der Waals surface area contributed by atoms with E-state index >= 15 is 0 Å². The van der Waals surface area contributed by atoms with E-state index in [1.807, 2.05) is 7.05 Å². The third kappa shape index (κ3) is 5.23. The zero-order valence-corrected chi connectivity index (χ0v) is 16.7. The SMILES string of the molecule is CN=C(NCc1ccc(C)cc1)NCC1CC1c1ccccc1.I. The number of benzene rings is 2. The molecule has 24 heavy (non-hydrogen) atoms. The van der Waals surface area contributed by atoms with Crippen LogP contribution < -0.4 is 10.6 Å². The van der Waals surface area contributed by atoms with Crippen LogP contribution in [0.15, 0.2) is 59.6 Å². The van der Waals surface area contributed by atoms with Crippen LogP contribution in [0.2, 0.25) is 0 Å². The van der Waals surface area contributed by atoms with Crippen LogP contribution in [0.1, 0.15) is 29.0 Å². The van der Waals surface area contributed by atoms with E-state index < -0.39 is 0 Å². The molecule has 0 bridgehead atoms. The first-order valence-electron chi connectivity index (χ1n) is 8.31. The smallest absolute Gasteiger partial charge is 0.191 e. The summed E-state index contributed by atoms with van der Waals surface area (Å²) in [5, 5.41) is 6.83.